The highest BCUT2D eigenvalue weighted by atomic mass is 79.9. The van der Waals surface area contributed by atoms with Crippen LogP contribution in [0.3, 0.4) is 0 Å². The van der Waals surface area contributed by atoms with Gasteiger partial charge in [-0.1, -0.05) is 44.7 Å². The zero-order valence-corrected chi connectivity index (χ0v) is 45.4. The highest BCUT2D eigenvalue weighted by Gasteiger charge is 2.52. The molecule has 0 bridgehead atoms. The second kappa shape index (κ2) is 26.8. The van der Waals surface area contributed by atoms with Crippen LogP contribution in [0.25, 0.3) is 32.9 Å². The summed E-state index contributed by atoms with van der Waals surface area (Å²) in [6.07, 6.45) is 13.0. The fraction of sp³-hybridized carbons (Fsp3) is 0.397. The summed E-state index contributed by atoms with van der Waals surface area (Å²) in [6, 6.07) is 20.0. The smallest absolute Gasteiger partial charge is 0.490 e. The van der Waals surface area contributed by atoms with Gasteiger partial charge < -0.3 is 53.4 Å². The predicted octanol–water partition coefficient (Wildman–Crippen LogP) is 13.2. The molecule has 4 aromatic carbocycles. The lowest BCUT2D eigenvalue weighted by Crippen LogP contribution is -2.44. The summed E-state index contributed by atoms with van der Waals surface area (Å²) in [4.78, 5) is 31.8. The number of likely N-dealkylation sites (tertiary alicyclic amines) is 1. The summed E-state index contributed by atoms with van der Waals surface area (Å²) in [7, 11) is -0.369. The van der Waals surface area contributed by atoms with Gasteiger partial charge in [0, 0.05) is 89.2 Å². The second-order valence-corrected chi connectivity index (χ2v) is 21.6. The molecule has 3 N–H and O–H groups in total. The molecular formula is C58H72BBrF2N10O8. The van der Waals surface area contributed by atoms with E-state index < -0.39 is 5.60 Å². The maximum Gasteiger partial charge on any atom is 0.499 e. The quantitative estimate of drug-likeness (QED) is 0.109. The van der Waals surface area contributed by atoms with E-state index in [4.69, 9.17) is 32.6 Å². The molecule has 3 aliphatic rings. The first-order valence-corrected chi connectivity index (χ1v) is 26.1. The fourth-order valence-electron chi connectivity index (χ4n) is 8.42. The van der Waals surface area contributed by atoms with E-state index in [-0.39, 0.29) is 70.5 Å². The van der Waals surface area contributed by atoms with Crippen LogP contribution in [0, 0.1) is 11.6 Å². The van der Waals surface area contributed by atoms with E-state index in [0.29, 0.717) is 60.5 Å². The van der Waals surface area contributed by atoms with Crippen LogP contribution in [0.2, 0.25) is 0 Å². The molecule has 3 fully saturated rings. The molecule has 3 aliphatic heterocycles. The molecule has 0 spiro atoms. The number of nitrogens with zero attached hydrogens (tertiary/aromatic N) is 7. The Bertz CT molecular complexity index is 3270. The number of rotatable bonds is 10. The monoisotopic (exact) mass is 1160 g/mol. The minimum absolute atomic E-state index is 0. The van der Waals surface area contributed by atoms with Gasteiger partial charge in [0.15, 0.2) is 0 Å². The Balaban J connectivity index is 0.000000203. The average Bonchev–Trinajstić information content (AvgIpc) is 4.29. The van der Waals surface area contributed by atoms with Crippen LogP contribution in [0.5, 0.6) is 11.5 Å². The van der Waals surface area contributed by atoms with Crippen molar-refractivity contribution < 1.29 is 46.1 Å². The summed E-state index contributed by atoms with van der Waals surface area (Å²) < 4.78 is 67.1. The molecular weight excluding hydrogens is 1090 g/mol. The van der Waals surface area contributed by atoms with Gasteiger partial charge >= 0.3 is 13.2 Å². The number of aromatic nitrogens is 6. The van der Waals surface area contributed by atoms with Crippen LogP contribution in [0.15, 0.2) is 124 Å². The molecule has 4 aromatic heterocycles. The van der Waals surface area contributed by atoms with Gasteiger partial charge in [-0.3, -0.25) is 0 Å². The fourth-order valence-corrected chi connectivity index (χ4v) is 8.87. The molecule has 426 valence electrons. The van der Waals surface area contributed by atoms with Crippen molar-refractivity contribution in [2.75, 3.05) is 36.8 Å². The molecule has 7 heterocycles. The van der Waals surface area contributed by atoms with E-state index in [9.17, 15) is 13.6 Å². The van der Waals surface area contributed by atoms with Gasteiger partial charge in [0.1, 0.15) is 53.5 Å². The number of carbonyl (C=O) groups excluding carboxylic acids is 1. The molecule has 0 atom stereocenters. The molecule has 22 heteroatoms. The Morgan fingerprint density at radius 1 is 0.713 bits per heavy atom. The van der Waals surface area contributed by atoms with Crippen molar-refractivity contribution in [3.8, 4) is 22.6 Å². The van der Waals surface area contributed by atoms with Crippen molar-refractivity contribution >= 4 is 79.7 Å². The average molecular weight is 1170 g/mol. The largest absolute Gasteiger partial charge is 0.499 e. The lowest BCUT2D eigenvalue weighted by atomic mass is 9.82. The third-order valence-corrected chi connectivity index (χ3v) is 13.8. The number of ether oxygens (including phenoxy) is 3. The van der Waals surface area contributed by atoms with Crippen LogP contribution in [-0.2, 0) is 14.0 Å². The molecule has 3 saturated heterocycles. The number of amides is 1. The van der Waals surface area contributed by atoms with Crippen LogP contribution in [-0.4, -0.2) is 104 Å². The molecule has 0 unspecified atom stereocenters. The summed E-state index contributed by atoms with van der Waals surface area (Å²) in [5.74, 6) is 1.50. The minimum Gasteiger partial charge on any atom is -0.490 e. The van der Waals surface area contributed by atoms with Crippen molar-refractivity contribution in [3.63, 3.8) is 0 Å². The molecule has 18 nitrogen and oxygen atoms in total. The number of carbonyl (C=O) groups is 1. The van der Waals surface area contributed by atoms with Crippen molar-refractivity contribution in [3.05, 3.63) is 126 Å². The SMILES string of the molecule is C.C.C.CC(C)(C)OC(=O)N1CCC(Oc2cc3nc(Nc4cccc(F)c4)ncc3cc2Br)CC1.CC1(C)OB(c2cnoc2)OC1(C)C.Fc1cccc(Nc2ncc3cc(-c4cnoc4)c(OC4CCNCC4)cc3n2)c1. The number of nitrogens with one attached hydrogen (secondary N) is 3. The third-order valence-electron chi connectivity index (χ3n) is 13.2. The van der Waals surface area contributed by atoms with Gasteiger partial charge in [-0.15, -0.1) is 0 Å². The lowest BCUT2D eigenvalue weighted by Gasteiger charge is -2.33. The number of anilines is 4. The molecule has 0 radical (unpaired) electrons. The third kappa shape index (κ3) is 16.0. The minimum atomic E-state index is -0.509. The van der Waals surface area contributed by atoms with Crippen molar-refractivity contribution in [1.82, 2.24) is 40.5 Å². The van der Waals surface area contributed by atoms with Gasteiger partial charge in [-0.25, -0.2) is 33.5 Å². The summed E-state index contributed by atoms with van der Waals surface area (Å²) in [6.45, 7) is 16.7. The molecule has 0 saturated carbocycles. The van der Waals surface area contributed by atoms with Crippen LogP contribution < -0.4 is 30.9 Å². The number of hydrogen-bond donors (Lipinski definition) is 3. The standard InChI is InChI=1S/C24H26BrFN4O3.C22H20FN5O2.C9H14BNO3.3CH4/c1-24(2,3)33-23(31)30-9-7-18(8-10-30)32-21-13-20-15(11-19(21)25)14-27-22(29-20)28-17-6-4-5-16(26)12-17;23-16-2-1-3-17(9-16)27-22-25-11-14-8-19(15-12-26-29-13-15)21(10-20(14)28-22)30-18-4-6-24-7-5-18;1-8(2)9(3,4)14-10(13-8)7-5-11-12-6-7;;;/h4-6,11-14,18H,7-10H2,1-3H3,(H,27,28,29);1-3,8-13,18,24H,4-7H2,(H,25,27,28);5-6H,1-4H3;3*1H4. The van der Waals surface area contributed by atoms with E-state index in [2.05, 4.69) is 62.1 Å². The Labute approximate surface area is 475 Å². The predicted molar refractivity (Wildman–Crippen MR) is 312 cm³/mol. The Morgan fingerprint density at radius 2 is 1.24 bits per heavy atom. The van der Waals surface area contributed by atoms with Crippen molar-refractivity contribution in [2.24, 2.45) is 0 Å². The number of benzene rings is 4. The van der Waals surface area contributed by atoms with Gasteiger partial charge in [0.05, 0.1) is 39.1 Å². The first-order valence-electron chi connectivity index (χ1n) is 25.3. The topological polar surface area (TPSA) is 206 Å². The highest BCUT2D eigenvalue weighted by molar-refractivity contribution is 9.10. The number of halogens is 3. The summed E-state index contributed by atoms with van der Waals surface area (Å²) in [5, 5.41) is 18.6. The zero-order valence-electron chi connectivity index (χ0n) is 43.8. The van der Waals surface area contributed by atoms with Crippen LogP contribution >= 0.6 is 15.9 Å². The normalized spacial score (nSPS) is 15.9. The van der Waals surface area contributed by atoms with Gasteiger partial charge in [-0.2, -0.15) is 0 Å². The van der Waals surface area contributed by atoms with E-state index in [0.717, 1.165) is 69.0 Å². The van der Waals surface area contributed by atoms with Gasteiger partial charge in [0.2, 0.25) is 11.9 Å². The first kappa shape index (κ1) is 61.9. The molecule has 1 amide bonds. The Hall–Kier alpha value is -7.27. The maximum atomic E-state index is 13.5. The number of fused-ring (bicyclic) bond motifs is 2. The van der Waals surface area contributed by atoms with Crippen molar-refractivity contribution in [1.29, 1.82) is 0 Å². The van der Waals surface area contributed by atoms with E-state index in [1.807, 2.05) is 72.7 Å². The number of hydrogen-bond acceptors (Lipinski definition) is 17. The van der Waals surface area contributed by atoms with Crippen LogP contribution in [0.4, 0.5) is 36.8 Å². The van der Waals surface area contributed by atoms with Crippen molar-refractivity contribution in [2.45, 2.75) is 125 Å². The second-order valence-electron chi connectivity index (χ2n) is 20.7. The Kier molecular flexibility index (Phi) is 20.7. The Morgan fingerprint density at radius 3 is 1.76 bits per heavy atom. The maximum absolute atomic E-state index is 13.5. The van der Waals surface area contributed by atoms with Gasteiger partial charge in [-0.05, 0) is 139 Å². The van der Waals surface area contributed by atoms with Crippen LogP contribution in [0.1, 0.15) is 96.4 Å². The molecule has 8 aromatic rings. The lowest BCUT2D eigenvalue weighted by molar-refractivity contribution is 0.00578. The van der Waals surface area contributed by atoms with E-state index in [1.54, 1.807) is 66.5 Å². The van der Waals surface area contributed by atoms with Gasteiger partial charge in [0.25, 0.3) is 0 Å². The molecule has 0 aliphatic carbocycles. The number of piperidine rings is 2. The van der Waals surface area contributed by atoms with E-state index >= 15 is 0 Å². The summed E-state index contributed by atoms with van der Waals surface area (Å²) >= 11 is 3.57. The summed E-state index contributed by atoms with van der Waals surface area (Å²) in [5.41, 5.74) is 4.00. The van der Waals surface area contributed by atoms with E-state index in [1.165, 1.54) is 24.3 Å². The zero-order chi connectivity index (χ0) is 54.3. The molecule has 80 heavy (non-hydrogen) atoms. The molecule has 11 rings (SSSR count). The highest BCUT2D eigenvalue weighted by Crippen LogP contribution is 2.38. The first-order chi connectivity index (χ1) is 36.8.